The monoisotopic (exact) mass is 236 g/mol. The highest BCUT2D eigenvalue weighted by atomic mass is 19.1. The molecule has 3 rings (SSSR count). The van der Waals surface area contributed by atoms with E-state index in [4.69, 9.17) is 0 Å². The smallest absolute Gasteiger partial charge is 0.218 e. The van der Waals surface area contributed by atoms with E-state index in [2.05, 4.69) is 20.4 Å². The summed E-state index contributed by atoms with van der Waals surface area (Å²) in [5.74, 6) is -0.601. The number of piperazine rings is 1. The van der Waals surface area contributed by atoms with Crippen LogP contribution in [0.25, 0.3) is 0 Å². The van der Waals surface area contributed by atoms with E-state index in [-0.39, 0.29) is 12.1 Å². The number of halogens is 1. The van der Waals surface area contributed by atoms with Crippen LogP contribution in [0.3, 0.4) is 0 Å². The summed E-state index contributed by atoms with van der Waals surface area (Å²) < 4.78 is 13.3. The molecule has 0 radical (unpaired) electrons. The molecule has 0 spiro atoms. The maximum Gasteiger partial charge on any atom is 0.218 e. The van der Waals surface area contributed by atoms with Crippen molar-refractivity contribution in [1.82, 2.24) is 10.3 Å². The molecule has 90 valence electrons. The van der Waals surface area contributed by atoms with Crippen molar-refractivity contribution in [3.8, 4) is 0 Å². The van der Waals surface area contributed by atoms with Crippen LogP contribution in [0.5, 0.6) is 0 Å². The molecule has 2 aliphatic heterocycles. The van der Waals surface area contributed by atoms with Crippen LogP contribution in [-0.2, 0) is 6.54 Å². The van der Waals surface area contributed by atoms with Gasteiger partial charge in [0.1, 0.15) is 6.54 Å². The van der Waals surface area contributed by atoms with Crippen molar-refractivity contribution in [1.29, 1.82) is 0 Å². The quantitative estimate of drug-likeness (QED) is 0.629. The Balaban J connectivity index is 1.88. The third-order valence-electron chi connectivity index (χ3n) is 3.52. The van der Waals surface area contributed by atoms with E-state index in [0.717, 1.165) is 25.2 Å². The third-order valence-corrected chi connectivity index (χ3v) is 3.52. The first-order chi connectivity index (χ1) is 8.28. The number of rotatable bonds is 3. The molecule has 3 heterocycles. The van der Waals surface area contributed by atoms with Gasteiger partial charge in [0, 0.05) is 30.7 Å². The predicted molar refractivity (Wildman–Crippen MR) is 61.2 cm³/mol. The van der Waals surface area contributed by atoms with Gasteiger partial charge in [-0.25, -0.2) is 4.98 Å². The highest BCUT2D eigenvalue weighted by molar-refractivity contribution is 5.50. The van der Waals surface area contributed by atoms with Gasteiger partial charge in [-0.3, -0.25) is 0 Å². The molecule has 5 nitrogen and oxygen atoms in total. The summed E-state index contributed by atoms with van der Waals surface area (Å²) in [5.41, 5.74) is 1.16. The average molecular weight is 236 g/mol. The highest BCUT2D eigenvalue weighted by Crippen LogP contribution is 2.29. The minimum Gasteiger partial charge on any atom is -0.364 e. The third kappa shape index (κ3) is 1.78. The van der Waals surface area contributed by atoms with E-state index < -0.39 is 5.95 Å². The SMILES string of the molecule is O=NCc1cc(N2C[C@H]3C[C@@H]2CN3)cnc1F. The summed E-state index contributed by atoms with van der Waals surface area (Å²) in [7, 11) is 0. The fraction of sp³-hybridized carbons (Fsp3) is 0.545. The van der Waals surface area contributed by atoms with E-state index in [1.54, 1.807) is 6.07 Å². The molecular weight excluding hydrogens is 223 g/mol. The second kappa shape index (κ2) is 4.03. The van der Waals surface area contributed by atoms with Crippen molar-refractivity contribution in [3.05, 3.63) is 28.7 Å². The summed E-state index contributed by atoms with van der Waals surface area (Å²) >= 11 is 0. The molecule has 0 aromatic carbocycles. The van der Waals surface area contributed by atoms with E-state index in [9.17, 15) is 9.30 Å². The average Bonchev–Trinajstić information content (AvgIpc) is 2.94. The summed E-state index contributed by atoms with van der Waals surface area (Å²) in [6.07, 6.45) is 2.66. The lowest BCUT2D eigenvalue weighted by atomic mass is 10.2. The Labute approximate surface area is 98.0 Å². The lowest BCUT2D eigenvalue weighted by molar-refractivity contribution is 0.559. The van der Waals surface area contributed by atoms with Crippen molar-refractivity contribution >= 4 is 5.69 Å². The molecule has 2 saturated heterocycles. The first-order valence-electron chi connectivity index (χ1n) is 5.71. The molecule has 2 bridgehead atoms. The maximum absolute atomic E-state index is 13.3. The number of nitrogens with one attached hydrogen (secondary N) is 1. The van der Waals surface area contributed by atoms with Crippen LogP contribution in [0.1, 0.15) is 12.0 Å². The van der Waals surface area contributed by atoms with Gasteiger partial charge in [-0.05, 0) is 12.5 Å². The van der Waals surface area contributed by atoms with Crippen molar-refractivity contribution < 1.29 is 4.39 Å². The second-order valence-electron chi connectivity index (χ2n) is 4.58. The van der Waals surface area contributed by atoms with Crippen LogP contribution in [0, 0.1) is 10.9 Å². The van der Waals surface area contributed by atoms with Gasteiger partial charge in [-0.15, -0.1) is 0 Å². The minimum absolute atomic E-state index is 0.160. The summed E-state index contributed by atoms with van der Waals surface area (Å²) in [5, 5.41) is 6.12. The van der Waals surface area contributed by atoms with Crippen LogP contribution >= 0.6 is 0 Å². The van der Waals surface area contributed by atoms with Gasteiger partial charge in [-0.1, -0.05) is 5.18 Å². The molecule has 0 amide bonds. The molecule has 2 fully saturated rings. The van der Waals surface area contributed by atoms with Gasteiger partial charge >= 0.3 is 0 Å². The maximum atomic E-state index is 13.3. The number of aromatic nitrogens is 1. The number of hydrogen-bond donors (Lipinski definition) is 1. The zero-order chi connectivity index (χ0) is 11.8. The molecular formula is C11H13FN4O. The van der Waals surface area contributed by atoms with Gasteiger partial charge in [-0.2, -0.15) is 9.30 Å². The van der Waals surface area contributed by atoms with Crippen molar-refractivity contribution in [2.75, 3.05) is 18.0 Å². The Hall–Kier alpha value is -1.56. The van der Waals surface area contributed by atoms with Gasteiger partial charge in [0.05, 0.1) is 11.9 Å². The normalized spacial score (nSPS) is 26.5. The topological polar surface area (TPSA) is 57.6 Å². The Morgan fingerprint density at radius 3 is 3.18 bits per heavy atom. The Bertz CT molecular complexity index is 453. The molecule has 2 atom stereocenters. The van der Waals surface area contributed by atoms with Crippen molar-refractivity contribution in [3.63, 3.8) is 0 Å². The summed E-state index contributed by atoms with van der Waals surface area (Å²) in [6, 6.07) is 2.67. The lowest BCUT2D eigenvalue weighted by Gasteiger charge is -2.29. The standard InChI is InChI=1S/C11H13FN4O/c12-11-7(3-15-17)1-9(5-14-11)16-6-8-2-10(16)4-13-8/h1,5,8,10,13H,2-4,6H2/t8-,10-/m1/s1. The molecule has 2 aliphatic rings. The molecule has 6 heteroatoms. The van der Waals surface area contributed by atoms with Crippen molar-refractivity contribution in [2.45, 2.75) is 25.0 Å². The van der Waals surface area contributed by atoms with E-state index in [1.165, 1.54) is 6.20 Å². The molecule has 0 unspecified atom stereocenters. The number of fused-ring (bicyclic) bond motifs is 2. The highest BCUT2D eigenvalue weighted by Gasteiger charge is 2.37. The zero-order valence-electron chi connectivity index (χ0n) is 9.27. The van der Waals surface area contributed by atoms with E-state index in [0.29, 0.717) is 12.1 Å². The van der Waals surface area contributed by atoms with Crippen LogP contribution in [0.15, 0.2) is 17.4 Å². The van der Waals surface area contributed by atoms with Gasteiger partial charge in [0.15, 0.2) is 0 Å². The Morgan fingerprint density at radius 2 is 2.53 bits per heavy atom. The number of hydrogen-bond acceptors (Lipinski definition) is 5. The van der Waals surface area contributed by atoms with Crippen LogP contribution in [0.2, 0.25) is 0 Å². The fourth-order valence-corrected chi connectivity index (χ4v) is 2.70. The van der Waals surface area contributed by atoms with Crippen molar-refractivity contribution in [2.24, 2.45) is 5.18 Å². The summed E-state index contributed by atoms with van der Waals surface area (Å²) in [4.78, 5) is 16.1. The number of nitroso groups, excluding NO2 is 1. The van der Waals surface area contributed by atoms with Crippen LogP contribution in [-0.4, -0.2) is 30.2 Å². The lowest BCUT2D eigenvalue weighted by Crippen LogP contribution is -2.43. The fourth-order valence-electron chi connectivity index (χ4n) is 2.70. The van der Waals surface area contributed by atoms with E-state index >= 15 is 0 Å². The first kappa shape index (κ1) is 10.6. The Morgan fingerprint density at radius 1 is 1.65 bits per heavy atom. The molecule has 0 aliphatic carbocycles. The minimum atomic E-state index is -0.601. The van der Waals surface area contributed by atoms with E-state index in [1.807, 2.05) is 0 Å². The van der Waals surface area contributed by atoms with Gasteiger partial charge in [0.2, 0.25) is 5.95 Å². The predicted octanol–water partition coefficient (Wildman–Crippen LogP) is 1.04. The number of nitrogens with zero attached hydrogens (tertiary/aromatic N) is 3. The Kier molecular flexibility index (Phi) is 2.51. The number of anilines is 1. The number of pyridine rings is 1. The molecule has 1 aromatic heterocycles. The molecule has 1 N–H and O–H groups in total. The van der Waals surface area contributed by atoms with Crippen LogP contribution in [0.4, 0.5) is 10.1 Å². The first-order valence-corrected chi connectivity index (χ1v) is 5.71. The molecule has 1 aromatic rings. The second-order valence-corrected chi connectivity index (χ2v) is 4.58. The summed E-state index contributed by atoms with van der Waals surface area (Å²) in [6.45, 7) is 1.72. The van der Waals surface area contributed by atoms with Gasteiger partial charge in [0.25, 0.3) is 0 Å². The largest absolute Gasteiger partial charge is 0.364 e. The van der Waals surface area contributed by atoms with Gasteiger partial charge < -0.3 is 10.2 Å². The molecule has 17 heavy (non-hydrogen) atoms. The zero-order valence-corrected chi connectivity index (χ0v) is 9.27. The van der Waals surface area contributed by atoms with Crippen LogP contribution < -0.4 is 10.2 Å². The molecule has 0 saturated carbocycles.